The zero-order valence-electron chi connectivity index (χ0n) is 14.5. The van der Waals surface area contributed by atoms with E-state index in [2.05, 4.69) is 17.2 Å². The van der Waals surface area contributed by atoms with Gasteiger partial charge in [-0.1, -0.05) is 18.7 Å². The van der Waals surface area contributed by atoms with E-state index >= 15 is 0 Å². The molecule has 2 N–H and O–H groups in total. The van der Waals surface area contributed by atoms with Crippen LogP contribution < -0.4 is 20.1 Å². The van der Waals surface area contributed by atoms with Crippen LogP contribution in [0.5, 0.6) is 11.5 Å². The second-order valence-electron chi connectivity index (χ2n) is 6.24. The summed E-state index contributed by atoms with van der Waals surface area (Å²) in [6.45, 7) is 5.92. The van der Waals surface area contributed by atoms with Gasteiger partial charge in [0.1, 0.15) is 6.61 Å². The molecule has 3 rings (SSSR count). The highest BCUT2D eigenvalue weighted by Crippen LogP contribution is 2.34. The minimum absolute atomic E-state index is 0.227. The maximum atomic E-state index is 12.4. The van der Waals surface area contributed by atoms with Crippen molar-refractivity contribution in [1.82, 2.24) is 5.32 Å². The van der Waals surface area contributed by atoms with E-state index in [-0.39, 0.29) is 11.8 Å². The molecule has 6 nitrogen and oxygen atoms in total. The topological polar surface area (TPSA) is 76.7 Å². The lowest BCUT2D eigenvalue weighted by atomic mass is 10.1. The molecule has 1 aliphatic rings. The molecule has 0 aliphatic carbocycles. The first kappa shape index (κ1) is 17.5. The lowest BCUT2D eigenvalue weighted by molar-refractivity contribution is -0.111. The Hall–Kier alpha value is -3.28. The second kappa shape index (κ2) is 7.31. The molecule has 0 saturated carbocycles. The van der Waals surface area contributed by atoms with Gasteiger partial charge in [-0.25, -0.2) is 0 Å². The molecule has 2 aromatic rings. The number of carbonyl (C=O) groups is 2. The van der Waals surface area contributed by atoms with Gasteiger partial charge < -0.3 is 20.1 Å². The van der Waals surface area contributed by atoms with Crippen molar-refractivity contribution in [2.24, 2.45) is 0 Å². The average molecular weight is 352 g/mol. The van der Waals surface area contributed by atoms with Crippen molar-refractivity contribution in [3.8, 4) is 11.5 Å². The van der Waals surface area contributed by atoms with Gasteiger partial charge in [-0.2, -0.15) is 0 Å². The summed E-state index contributed by atoms with van der Waals surface area (Å²) in [6, 6.07) is 14.1. The summed E-state index contributed by atoms with van der Waals surface area (Å²) in [7, 11) is 0. The minimum atomic E-state index is -0.651. The molecule has 2 aromatic carbocycles. The Kier molecular flexibility index (Phi) is 4.93. The van der Waals surface area contributed by atoms with E-state index in [1.54, 1.807) is 24.3 Å². The largest absolute Gasteiger partial charge is 0.485 e. The van der Waals surface area contributed by atoms with Crippen molar-refractivity contribution in [3.05, 3.63) is 66.7 Å². The minimum Gasteiger partial charge on any atom is -0.485 e. The zero-order valence-corrected chi connectivity index (χ0v) is 14.5. The van der Waals surface area contributed by atoms with E-state index in [0.717, 1.165) is 0 Å². The van der Waals surface area contributed by atoms with Crippen molar-refractivity contribution in [2.75, 3.05) is 18.5 Å². The summed E-state index contributed by atoms with van der Waals surface area (Å²) in [5.74, 6) is 0.839. The average Bonchev–Trinajstić information content (AvgIpc) is 2.66. The van der Waals surface area contributed by atoms with Crippen molar-refractivity contribution < 1.29 is 19.1 Å². The number of fused-ring (bicyclic) bond motifs is 1. The number of anilines is 1. The molecule has 0 saturated heterocycles. The fourth-order valence-corrected chi connectivity index (χ4v) is 2.53. The van der Waals surface area contributed by atoms with Crippen molar-refractivity contribution in [3.63, 3.8) is 0 Å². The van der Waals surface area contributed by atoms with Gasteiger partial charge in [-0.3, -0.25) is 9.59 Å². The maximum absolute atomic E-state index is 12.4. The molecule has 1 atom stereocenters. The van der Waals surface area contributed by atoms with Crippen LogP contribution in [0.25, 0.3) is 0 Å². The quantitative estimate of drug-likeness (QED) is 0.811. The Labute approximate surface area is 151 Å². The molecule has 134 valence electrons. The van der Waals surface area contributed by atoms with Gasteiger partial charge in [0, 0.05) is 11.3 Å². The number of carbonyl (C=O) groups excluding carboxylic acids is 2. The summed E-state index contributed by atoms with van der Waals surface area (Å²) in [5.41, 5.74) is 0.434. The van der Waals surface area contributed by atoms with Crippen LogP contribution in [0, 0.1) is 0 Å². The lowest BCUT2D eigenvalue weighted by Crippen LogP contribution is -2.51. The molecule has 0 spiro atoms. The monoisotopic (exact) mass is 352 g/mol. The van der Waals surface area contributed by atoms with Crippen LogP contribution in [0.15, 0.2) is 61.2 Å². The number of benzene rings is 2. The summed E-state index contributed by atoms with van der Waals surface area (Å²) in [5, 5.41) is 5.50. The number of rotatable bonds is 5. The zero-order chi connectivity index (χ0) is 18.6. The summed E-state index contributed by atoms with van der Waals surface area (Å²) in [4.78, 5) is 23.6. The molecular weight excluding hydrogens is 332 g/mol. The van der Waals surface area contributed by atoms with Gasteiger partial charge in [0.05, 0.1) is 6.54 Å². The third-order valence-electron chi connectivity index (χ3n) is 3.96. The van der Waals surface area contributed by atoms with Crippen LogP contribution in [0.4, 0.5) is 5.69 Å². The lowest BCUT2D eigenvalue weighted by Gasteiger charge is -2.35. The highest BCUT2D eigenvalue weighted by molar-refractivity contribution is 5.99. The van der Waals surface area contributed by atoms with Crippen molar-refractivity contribution in [1.29, 1.82) is 0 Å². The molecule has 0 radical (unpaired) electrons. The van der Waals surface area contributed by atoms with Crippen LogP contribution in [-0.2, 0) is 4.79 Å². The van der Waals surface area contributed by atoms with E-state index < -0.39 is 5.60 Å². The van der Waals surface area contributed by atoms with Gasteiger partial charge in [0.15, 0.2) is 17.1 Å². The van der Waals surface area contributed by atoms with Gasteiger partial charge in [-0.15, -0.1) is 0 Å². The van der Waals surface area contributed by atoms with Gasteiger partial charge in [-0.05, 0) is 49.4 Å². The molecule has 1 unspecified atom stereocenters. The fourth-order valence-electron chi connectivity index (χ4n) is 2.53. The number of ether oxygens (including phenoxy) is 2. The third-order valence-corrected chi connectivity index (χ3v) is 3.96. The van der Waals surface area contributed by atoms with Crippen LogP contribution in [0.3, 0.4) is 0 Å². The molecule has 0 bridgehead atoms. The van der Waals surface area contributed by atoms with E-state index in [1.807, 2.05) is 31.2 Å². The standard InChI is InChI=1S/C20H20N2O4/c1-3-18(23)22-15-10-8-14(9-11-15)19(24)21-12-20(2)13-25-16-6-4-5-7-17(16)26-20/h3-11H,1,12-13H2,2H3,(H,21,24)(H,22,23). The number of para-hydroxylation sites is 2. The molecule has 1 heterocycles. The number of hydrogen-bond acceptors (Lipinski definition) is 4. The summed E-state index contributed by atoms with van der Waals surface area (Å²) < 4.78 is 11.7. The molecule has 1 aliphatic heterocycles. The smallest absolute Gasteiger partial charge is 0.251 e. The van der Waals surface area contributed by atoms with Crippen LogP contribution in [-0.4, -0.2) is 30.6 Å². The number of hydrogen-bond donors (Lipinski definition) is 2. The predicted octanol–water partition coefficient (Wildman–Crippen LogP) is 2.77. The van der Waals surface area contributed by atoms with Crippen LogP contribution in [0.2, 0.25) is 0 Å². The van der Waals surface area contributed by atoms with Crippen LogP contribution in [0.1, 0.15) is 17.3 Å². The van der Waals surface area contributed by atoms with Gasteiger partial charge in [0.2, 0.25) is 5.91 Å². The second-order valence-corrected chi connectivity index (χ2v) is 6.24. The van der Waals surface area contributed by atoms with E-state index in [9.17, 15) is 9.59 Å². The first-order valence-electron chi connectivity index (χ1n) is 8.22. The van der Waals surface area contributed by atoms with E-state index in [4.69, 9.17) is 9.47 Å². The Morgan fingerprint density at radius 1 is 1.15 bits per heavy atom. The fraction of sp³-hybridized carbons (Fsp3) is 0.200. The normalized spacial score (nSPS) is 17.9. The molecule has 6 heteroatoms. The number of nitrogens with one attached hydrogen (secondary N) is 2. The predicted molar refractivity (Wildman–Crippen MR) is 98.6 cm³/mol. The summed E-state index contributed by atoms with van der Waals surface area (Å²) >= 11 is 0. The Morgan fingerprint density at radius 3 is 2.54 bits per heavy atom. The maximum Gasteiger partial charge on any atom is 0.251 e. The first-order valence-corrected chi connectivity index (χ1v) is 8.22. The third kappa shape index (κ3) is 4.03. The molecule has 0 aromatic heterocycles. The van der Waals surface area contributed by atoms with Crippen molar-refractivity contribution >= 4 is 17.5 Å². The molecule has 0 fully saturated rings. The Balaban J connectivity index is 1.58. The van der Waals surface area contributed by atoms with E-state index in [0.29, 0.717) is 35.9 Å². The highest BCUT2D eigenvalue weighted by Gasteiger charge is 2.33. The Morgan fingerprint density at radius 2 is 1.85 bits per heavy atom. The van der Waals surface area contributed by atoms with Crippen molar-refractivity contribution in [2.45, 2.75) is 12.5 Å². The van der Waals surface area contributed by atoms with Gasteiger partial charge in [0.25, 0.3) is 5.91 Å². The molecule has 26 heavy (non-hydrogen) atoms. The number of amides is 2. The van der Waals surface area contributed by atoms with Crippen LogP contribution >= 0.6 is 0 Å². The first-order chi connectivity index (χ1) is 12.5. The Bertz CT molecular complexity index is 832. The molecular formula is C20H20N2O4. The summed E-state index contributed by atoms with van der Waals surface area (Å²) in [6.07, 6.45) is 1.19. The highest BCUT2D eigenvalue weighted by atomic mass is 16.6. The SMILES string of the molecule is C=CC(=O)Nc1ccc(C(=O)NCC2(C)COc3ccccc3O2)cc1. The van der Waals surface area contributed by atoms with E-state index in [1.165, 1.54) is 6.08 Å². The molecule has 2 amide bonds. The van der Waals surface area contributed by atoms with Gasteiger partial charge >= 0.3 is 0 Å².